The average molecular weight is 490 g/mol. The van der Waals surface area contributed by atoms with Gasteiger partial charge in [-0.15, -0.1) is 10.2 Å². The number of thioether (sulfide) groups is 1. The Bertz CT molecular complexity index is 1230. The first kappa shape index (κ1) is 23.3. The monoisotopic (exact) mass is 489 g/mol. The lowest BCUT2D eigenvalue weighted by Gasteiger charge is -2.22. The summed E-state index contributed by atoms with van der Waals surface area (Å²) in [5, 5.41) is 12.5. The van der Waals surface area contributed by atoms with Crippen molar-refractivity contribution < 1.29 is 14.4 Å². The standard InChI is InChI=1S/C26H27N5O3S/c1-2-30-23(28-29-26(30)35-16-22(32)27-18-8-4-3-5-9-18)17-12-14-19(15-13-17)31-24(33)20-10-6-7-11-21(20)25(31)34/h6-7,10-15,18H,2-5,8-9,16H2,1H3,(H,27,32). The summed E-state index contributed by atoms with van der Waals surface area (Å²) < 4.78 is 1.97. The molecule has 2 aromatic carbocycles. The molecule has 2 aliphatic rings. The summed E-state index contributed by atoms with van der Waals surface area (Å²) in [6, 6.07) is 14.3. The normalized spacial score (nSPS) is 16.0. The molecular weight excluding hydrogens is 462 g/mol. The van der Waals surface area contributed by atoms with Crippen LogP contribution in [0.5, 0.6) is 0 Å². The fourth-order valence-electron chi connectivity index (χ4n) is 4.72. The molecule has 1 N–H and O–H groups in total. The zero-order valence-electron chi connectivity index (χ0n) is 19.6. The van der Waals surface area contributed by atoms with Gasteiger partial charge in [0.15, 0.2) is 11.0 Å². The van der Waals surface area contributed by atoms with E-state index in [-0.39, 0.29) is 23.8 Å². The second kappa shape index (κ2) is 10.0. The molecule has 180 valence electrons. The van der Waals surface area contributed by atoms with Gasteiger partial charge in [-0.2, -0.15) is 0 Å². The molecule has 3 amide bonds. The number of hydrogen-bond donors (Lipinski definition) is 1. The van der Waals surface area contributed by atoms with Gasteiger partial charge < -0.3 is 9.88 Å². The Morgan fingerprint density at radius 3 is 2.26 bits per heavy atom. The van der Waals surface area contributed by atoms with Crippen LogP contribution in [0.25, 0.3) is 11.4 Å². The number of carbonyl (C=O) groups excluding carboxylic acids is 3. The van der Waals surface area contributed by atoms with Gasteiger partial charge in [0.1, 0.15) is 0 Å². The molecule has 0 unspecified atom stereocenters. The molecule has 35 heavy (non-hydrogen) atoms. The molecule has 1 aliphatic heterocycles. The van der Waals surface area contributed by atoms with Crippen LogP contribution >= 0.6 is 11.8 Å². The minimum Gasteiger partial charge on any atom is -0.353 e. The van der Waals surface area contributed by atoms with Crippen molar-refractivity contribution >= 4 is 35.2 Å². The predicted molar refractivity (Wildman–Crippen MR) is 134 cm³/mol. The largest absolute Gasteiger partial charge is 0.353 e. The van der Waals surface area contributed by atoms with Crippen molar-refractivity contribution in [2.75, 3.05) is 10.7 Å². The van der Waals surface area contributed by atoms with E-state index in [0.29, 0.717) is 40.1 Å². The number of imide groups is 1. The van der Waals surface area contributed by atoms with Gasteiger partial charge in [0.2, 0.25) is 5.91 Å². The lowest BCUT2D eigenvalue weighted by Crippen LogP contribution is -2.37. The number of rotatable bonds is 7. The number of nitrogens with one attached hydrogen (secondary N) is 1. The second-order valence-electron chi connectivity index (χ2n) is 8.78. The van der Waals surface area contributed by atoms with Gasteiger partial charge in [0.05, 0.1) is 22.6 Å². The molecular formula is C26H27N5O3S. The fraction of sp³-hybridized carbons (Fsp3) is 0.346. The highest BCUT2D eigenvalue weighted by Gasteiger charge is 2.36. The van der Waals surface area contributed by atoms with Crippen LogP contribution in [0.15, 0.2) is 53.7 Å². The molecule has 1 saturated carbocycles. The number of carbonyl (C=O) groups is 3. The molecule has 8 nitrogen and oxygen atoms in total. The van der Waals surface area contributed by atoms with Gasteiger partial charge in [-0.1, -0.05) is 43.2 Å². The van der Waals surface area contributed by atoms with E-state index >= 15 is 0 Å². The minimum atomic E-state index is -0.319. The van der Waals surface area contributed by atoms with E-state index in [2.05, 4.69) is 15.5 Å². The highest BCUT2D eigenvalue weighted by atomic mass is 32.2. The lowest BCUT2D eigenvalue weighted by atomic mass is 9.95. The van der Waals surface area contributed by atoms with E-state index < -0.39 is 0 Å². The number of aromatic nitrogens is 3. The molecule has 1 aliphatic carbocycles. The second-order valence-corrected chi connectivity index (χ2v) is 9.72. The van der Waals surface area contributed by atoms with E-state index in [1.54, 1.807) is 36.4 Å². The van der Waals surface area contributed by atoms with Gasteiger partial charge in [0, 0.05) is 18.2 Å². The van der Waals surface area contributed by atoms with Crippen LogP contribution in [0.4, 0.5) is 5.69 Å². The van der Waals surface area contributed by atoms with Gasteiger partial charge in [-0.25, -0.2) is 4.90 Å². The zero-order valence-corrected chi connectivity index (χ0v) is 20.4. The zero-order chi connectivity index (χ0) is 24.4. The summed E-state index contributed by atoms with van der Waals surface area (Å²) in [6.07, 6.45) is 5.72. The molecule has 0 spiro atoms. The van der Waals surface area contributed by atoms with E-state index in [0.717, 1.165) is 18.4 Å². The molecule has 1 aromatic heterocycles. The molecule has 0 atom stereocenters. The summed E-state index contributed by atoms with van der Waals surface area (Å²) in [4.78, 5) is 39.1. The van der Waals surface area contributed by atoms with Gasteiger partial charge in [-0.3, -0.25) is 14.4 Å². The maximum Gasteiger partial charge on any atom is 0.266 e. The van der Waals surface area contributed by atoms with Crippen LogP contribution in [0, 0.1) is 0 Å². The van der Waals surface area contributed by atoms with Gasteiger partial charge in [-0.05, 0) is 56.2 Å². The Morgan fingerprint density at radius 1 is 0.971 bits per heavy atom. The van der Waals surface area contributed by atoms with Crippen molar-refractivity contribution in [1.29, 1.82) is 0 Å². The van der Waals surface area contributed by atoms with Crippen LogP contribution < -0.4 is 10.2 Å². The van der Waals surface area contributed by atoms with Crippen LogP contribution in [0.2, 0.25) is 0 Å². The van der Waals surface area contributed by atoms with Crippen LogP contribution in [-0.4, -0.2) is 44.3 Å². The fourth-order valence-corrected chi connectivity index (χ4v) is 5.54. The van der Waals surface area contributed by atoms with Crippen molar-refractivity contribution in [3.63, 3.8) is 0 Å². The Hall–Kier alpha value is -3.46. The summed E-state index contributed by atoms with van der Waals surface area (Å²) in [7, 11) is 0. The first-order valence-corrected chi connectivity index (χ1v) is 13.0. The number of hydrogen-bond acceptors (Lipinski definition) is 6. The van der Waals surface area contributed by atoms with Crippen LogP contribution in [0.1, 0.15) is 59.7 Å². The minimum absolute atomic E-state index is 0.0272. The van der Waals surface area contributed by atoms with Crippen molar-refractivity contribution in [2.24, 2.45) is 0 Å². The quantitative estimate of drug-likeness (QED) is 0.392. The first-order valence-electron chi connectivity index (χ1n) is 12.0. The molecule has 0 bridgehead atoms. The van der Waals surface area contributed by atoms with E-state index in [9.17, 15) is 14.4 Å². The molecule has 3 aromatic rings. The van der Waals surface area contributed by atoms with E-state index in [1.165, 1.54) is 35.9 Å². The van der Waals surface area contributed by atoms with Gasteiger partial charge >= 0.3 is 0 Å². The third-order valence-electron chi connectivity index (χ3n) is 6.51. The topological polar surface area (TPSA) is 97.2 Å². The Morgan fingerprint density at radius 2 is 1.63 bits per heavy atom. The summed E-state index contributed by atoms with van der Waals surface area (Å²) in [6.45, 7) is 2.65. The van der Waals surface area contributed by atoms with Crippen molar-refractivity contribution in [3.8, 4) is 11.4 Å². The SMILES string of the molecule is CCn1c(SCC(=O)NC2CCCCC2)nnc1-c1ccc(N2C(=O)c3ccccc3C2=O)cc1. The molecule has 0 saturated heterocycles. The number of fused-ring (bicyclic) bond motifs is 1. The number of nitrogens with zero attached hydrogens (tertiary/aromatic N) is 4. The maximum atomic E-state index is 12.8. The lowest BCUT2D eigenvalue weighted by molar-refractivity contribution is -0.119. The molecule has 2 heterocycles. The van der Waals surface area contributed by atoms with Crippen LogP contribution in [0.3, 0.4) is 0 Å². The molecule has 1 fully saturated rings. The first-order chi connectivity index (χ1) is 17.1. The van der Waals surface area contributed by atoms with Crippen molar-refractivity contribution in [1.82, 2.24) is 20.1 Å². The molecule has 0 radical (unpaired) electrons. The van der Waals surface area contributed by atoms with Crippen molar-refractivity contribution in [2.45, 2.75) is 56.8 Å². The highest BCUT2D eigenvalue weighted by Crippen LogP contribution is 2.31. The number of amides is 3. The number of benzene rings is 2. The average Bonchev–Trinajstić information content (AvgIpc) is 3.42. The van der Waals surface area contributed by atoms with Crippen molar-refractivity contribution in [3.05, 3.63) is 59.7 Å². The van der Waals surface area contributed by atoms with Gasteiger partial charge in [0.25, 0.3) is 11.8 Å². The third-order valence-corrected chi connectivity index (χ3v) is 7.48. The van der Waals surface area contributed by atoms with Crippen LogP contribution in [-0.2, 0) is 11.3 Å². The third kappa shape index (κ3) is 4.60. The summed E-state index contributed by atoms with van der Waals surface area (Å²) >= 11 is 1.38. The summed E-state index contributed by atoms with van der Waals surface area (Å²) in [5.41, 5.74) is 2.16. The van der Waals surface area contributed by atoms with E-state index in [4.69, 9.17) is 0 Å². The Labute approximate surface area is 208 Å². The Balaban J connectivity index is 1.28. The Kier molecular flexibility index (Phi) is 6.68. The summed E-state index contributed by atoms with van der Waals surface area (Å²) in [5.74, 6) is 0.365. The molecule has 5 rings (SSSR count). The predicted octanol–water partition coefficient (Wildman–Crippen LogP) is 4.31. The smallest absolute Gasteiger partial charge is 0.266 e. The number of anilines is 1. The maximum absolute atomic E-state index is 12.8. The molecule has 9 heteroatoms. The van der Waals surface area contributed by atoms with E-state index in [1.807, 2.05) is 23.6 Å². The highest BCUT2D eigenvalue weighted by molar-refractivity contribution is 7.99.